The summed E-state index contributed by atoms with van der Waals surface area (Å²) in [6, 6.07) is 1.90. The molecule has 0 aliphatic heterocycles. The van der Waals surface area contributed by atoms with Crippen molar-refractivity contribution in [1.82, 2.24) is 0 Å². The van der Waals surface area contributed by atoms with Crippen LogP contribution >= 0.6 is 0 Å². The molecule has 0 radical (unpaired) electrons. The number of hydrogen-bond acceptors (Lipinski definition) is 5. The molecule has 0 saturated carbocycles. The molecule has 0 aromatic carbocycles. The van der Waals surface area contributed by atoms with E-state index in [4.69, 9.17) is 14.7 Å². The Balaban J connectivity index is 4.35. The largest absolute Gasteiger partial charge is 0.465 e. The van der Waals surface area contributed by atoms with Crippen molar-refractivity contribution >= 4 is 11.9 Å². The lowest BCUT2D eigenvalue weighted by Crippen LogP contribution is -2.28. The van der Waals surface area contributed by atoms with Crippen LogP contribution in [0.15, 0.2) is 0 Å². The Labute approximate surface area is 102 Å². The maximum Gasteiger partial charge on any atom is 0.320 e. The van der Waals surface area contributed by atoms with Crippen LogP contribution in [0.25, 0.3) is 0 Å². The molecule has 0 aliphatic carbocycles. The Bertz CT molecular complexity index is 263. The first kappa shape index (κ1) is 15.4. The lowest BCUT2D eigenvalue weighted by molar-refractivity contribution is -0.162. The summed E-state index contributed by atoms with van der Waals surface area (Å²) < 4.78 is 9.80. The first-order valence-electron chi connectivity index (χ1n) is 5.87. The topological polar surface area (TPSA) is 76.4 Å². The van der Waals surface area contributed by atoms with E-state index in [2.05, 4.69) is 0 Å². The van der Waals surface area contributed by atoms with Crippen molar-refractivity contribution in [3.63, 3.8) is 0 Å². The minimum Gasteiger partial charge on any atom is -0.465 e. The van der Waals surface area contributed by atoms with E-state index in [1.54, 1.807) is 0 Å². The van der Waals surface area contributed by atoms with E-state index in [1.807, 2.05) is 19.9 Å². The molecule has 0 amide bonds. The highest BCUT2D eigenvalue weighted by atomic mass is 16.6. The van der Waals surface area contributed by atoms with Crippen LogP contribution in [0.2, 0.25) is 0 Å². The van der Waals surface area contributed by atoms with Gasteiger partial charge in [0.2, 0.25) is 0 Å². The summed E-state index contributed by atoms with van der Waals surface area (Å²) >= 11 is 0. The molecule has 0 spiro atoms. The summed E-state index contributed by atoms with van der Waals surface area (Å²) in [7, 11) is 0. The third kappa shape index (κ3) is 6.56. The van der Waals surface area contributed by atoms with Gasteiger partial charge in [0.05, 0.1) is 19.3 Å². The van der Waals surface area contributed by atoms with Gasteiger partial charge in [-0.05, 0) is 19.3 Å². The van der Waals surface area contributed by atoms with E-state index in [0.29, 0.717) is 12.8 Å². The van der Waals surface area contributed by atoms with Gasteiger partial charge in [-0.3, -0.25) is 9.59 Å². The summed E-state index contributed by atoms with van der Waals surface area (Å²) in [5.41, 5.74) is 0. The highest BCUT2D eigenvalue weighted by Gasteiger charge is 2.29. The van der Waals surface area contributed by atoms with Crippen LogP contribution < -0.4 is 0 Å². The van der Waals surface area contributed by atoms with Crippen LogP contribution in [0.4, 0.5) is 0 Å². The fourth-order valence-electron chi connectivity index (χ4n) is 1.15. The molecule has 0 heterocycles. The van der Waals surface area contributed by atoms with Crippen LogP contribution in [-0.2, 0) is 19.1 Å². The van der Waals surface area contributed by atoms with Crippen molar-refractivity contribution < 1.29 is 19.1 Å². The Morgan fingerprint density at radius 3 is 1.94 bits per heavy atom. The van der Waals surface area contributed by atoms with Gasteiger partial charge < -0.3 is 9.47 Å². The van der Waals surface area contributed by atoms with Crippen LogP contribution in [0.1, 0.15) is 39.5 Å². The zero-order valence-corrected chi connectivity index (χ0v) is 10.4. The molecule has 0 atom stereocenters. The molecule has 0 aliphatic rings. The van der Waals surface area contributed by atoms with Crippen molar-refractivity contribution in [2.75, 3.05) is 13.2 Å². The third-order valence-corrected chi connectivity index (χ3v) is 2.01. The van der Waals surface area contributed by atoms with E-state index in [0.717, 1.165) is 0 Å². The molecule has 5 nitrogen and oxygen atoms in total. The first-order valence-corrected chi connectivity index (χ1v) is 5.87. The second kappa shape index (κ2) is 9.64. The van der Waals surface area contributed by atoms with Gasteiger partial charge >= 0.3 is 11.9 Å². The third-order valence-electron chi connectivity index (χ3n) is 2.01. The Kier molecular flexibility index (Phi) is 8.75. The molecule has 0 aromatic heterocycles. The van der Waals surface area contributed by atoms with Crippen LogP contribution in [0.3, 0.4) is 0 Å². The van der Waals surface area contributed by atoms with E-state index in [-0.39, 0.29) is 26.1 Å². The van der Waals surface area contributed by atoms with Gasteiger partial charge in [0.1, 0.15) is 0 Å². The molecule has 17 heavy (non-hydrogen) atoms. The quantitative estimate of drug-likeness (QED) is 0.478. The minimum atomic E-state index is -0.965. The number of nitriles is 1. The predicted octanol–water partition coefficient (Wildman–Crippen LogP) is 1.81. The monoisotopic (exact) mass is 241 g/mol. The summed E-state index contributed by atoms with van der Waals surface area (Å²) in [5.74, 6) is -2.15. The Hall–Kier alpha value is -1.57. The maximum atomic E-state index is 11.6. The summed E-state index contributed by atoms with van der Waals surface area (Å²) in [5, 5.41) is 8.48. The molecular weight excluding hydrogens is 222 g/mol. The van der Waals surface area contributed by atoms with Crippen molar-refractivity contribution in [3.8, 4) is 6.07 Å². The Morgan fingerprint density at radius 1 is 1.12 bits per heavy atom. The number of carbonyl (C=O) groups is 2. The molecule has 5 heteroatoms. The minimum absolute atomic E-state index is 0.132. The van der Waals surface area contributed by atoms with Crippen molar-refractivity contribution in [3.05, 3.63) is 0 Å². The molecule has 0 unspecified atom stereocenters. The van der Waals surface area contributed by atoms with Gasteiger partial charge in [-0.1, -0.05) is 13.8 Å². The molecular formula is C12H19NO4. The van der Waals surface area contributed by atoms with Gasteiger partial charge in [0.25, 0.3) is 0 Å². The zero-order chi connectivity index (χ0) is 13.1. The average molecular weight is 241 g/mol. The van der Waals surface area contributed by atoms with Crippen molar-refractivity contribution in [1.29, 1.82) is 5.26 Å². The van der Waals surface area contributed by atoms with Gasteiger partial charge in [0, 0.05) is 6.42 Å². The molecule has 0 bridgehead atoms. The van der Waals surface area contributed by atoms with Crippen LogP contribution in [0.5, 0.6) is 0 Å². The molecule has 0 aromatic rings. The number of hydrogen-bond donors (Lipinski definition) is 0. The average Bonchev–Trinajstić information content (AvgIpc) is 2.34. The summed E-state index contributed by atoms with van der Waals surface area (Å²) in [6.07, 6.45) is 1.68. The second-order valence-electron chi connectivity index (χ2n) is 3.58. The molecule has 0 saturated heterocycles. The zero-order valence-electron chi connectivity index (χ0n) is 10.4. The lowest BCUT2D eigenvalue weighted by Gasteiger charge is -2.13. The number of esters is 2. The van der Waals surface area contributed by atoms with Crippen LogP contribution in [-0.4, -0.2) is 25.2 Å². The molecule has 0 N–H and O–H groups in total. The van der Waals surface area contributed by atoms with E-state index < -0.39 is 17.9 Å². The molecule has 96 valence electrons. The molecule has 0 fully saturated rings. The van der Waals surface area contributed by atoms with Gasteiger partial charge in [-0.15, -0.1) is 0 Å². The number of carbonyl (C=O) groups excluding carboxylic acids is 2. The van der Waals surface area contributed by atoms with Gasteiger partial charge in [-0.25, -0.2) is 0 Å². The predicted molar refractivity (Wildman–Crippen MR) is 60.8 cm³/mol. The summed E-state index contributed by atoms with van der Waals surface area (Å²) in [4.78, 5) is 23.2. The van der Waals surface area contributed by atoms with Crippen molar-refractivity contribution in [2.45, 2.75) is 39.5 Å². The first-order chi connectivity index (χ1) is 8.17. The fourth-order valence-corrected chi connectivity index (χ4v) is 1.15. The van der Waals surface area contributed by atoms with Gasteiger partial charge in [0.15, 0.2) is 5.92 Å². The SMILES string of the molecule is CCCOC(=O)C(CCC#N)C(=O)OCCC. The Morgan fingerprint density at radius 2 is 1.59 bits per heavy atom. The van der Waals surface area contributed by atoms with Crippen molar-refractivity contribution in [2.24, 2.45) is 5.92 Å². The highest BCUT2D eigenvalue weighted by molar-refractivity contribution is 5.94. The number of nitrogens with zero attached hydrogens (tertiary/aromatic N) is 1. The number of rotatable bonds is 8. The normalized spacial score (nSPS) is 9.76. The smallest absolute Gasteiger partial charge is 0.320 e. The lowest BCUT2D eigenvalue weighted by atomic mass is 10.0. The summed E-state index contributed by atoms with van der Waals surface area (Å²) in [6.45, 7) is 4.30. The van der Waals surface area contributed by atoms with Crippen LogP contribution in [0, 0.1) is 17.2 Å². The highest BCUT2D eigenvalue weighted by Crippen LogP contribution is 2.11. The van der Waals surface area contributed by atoms with E-state index in [1.165, 1.54) is 0 Å². The maximum absolute atomic E-state index is 11.6. The number of ether oxygens (including phenoxy) is 2. The second-order valence-corrected chi connectivity index (χ2v) is 3.58. The molecule has 0 rings (SSSR count). The standard InChI is InChI=1S/C12H19NO4/c1-3-8-16-11(14)10(6-5-7-13)12(15)17-9-4-2/h10H,3-6,8-9H2,1-2H3. The van der Waals surface area contributed by atoms with E-state index >= 15 is 0 Å². The fraction of sp³-hybridized carbons (Fsp3) is 0.750. The van der Waals surface area contributed by atoms with Gasteiger partial charge in [-0.2, -0.15) is 5.26 Å². The van der Waals surface area contributed by atoms with E-state index in [9.17, 15) is 9.59 Å².